The zero-order valence-electron chi connectivity index (χ0n) is 16.8. The van der Waals surface area contributed by atoms with E-state index in [9.17, 15) is 4.79 Å². The Hall–Kier alpha value is -3.06. The first-order valence-corrected chi connectivity index (χ1v) is 9.03. The minimum Gasteiger partial charge on any atom is -0.481 e. The number of nitrogens with one attached hydrogen (secondary N) is 2. The van der Waals surface area contributed by atoms with Crippen LogP contribution in [-0.4, -0.2) is 55.3 Å². The molecule has 0 aromatic carbocycles. The molecule has 1 aliphatic heterocycles. The second kappa shape index (κ2) is 9.23. The molecule has 1 fully saturated rings. The zero-order valence-corrected chi connectivity index (χ0v) is 16.8. The van der Waals surface area contributed by atoms with Gasteiger partial charge in [-0.25, -0.2) is 4.99 Å². The van der Waals surface area contributed by atoms with Crippen LogP contribution in [0.1, 0.15) is 18.2 Å². The van der Waals surface area contributed by atoms with E-state index in [1.165, 1.54) is 13.2 Å². The van der Waals surface area contributed by atoms with E-state index in [0.717, 1.165) is 24.3 Å². The van der Waals surface area contributed by atoms with Gasteiger partial charge in [-0.15, -0.1) is 0 Å². The van der Waals surface area contributed by atoms with Gasteiger partial charge in [-0.2, -0.15) is 0 Å². The summed E-state index contributed by atoms with van der Waals surface area (Å²) >= 11 is 0. The third-order valence-corrected chi connectivity index (χ3v) is 4.79. The van der Waals surface area contributed by atoms with Gasteiger partial charge in [0.2, 0.25) is 5.88 Å². The number of allylic oxidation sites excluding steroid dienone is 1. The first-order chi connectivity index (χ1) is 13.3. The molecule has 2 atom stereocenters. The molecule has 1 saturated heterocycles. The number of carbonyl (C=O) groups is 1. The lowest BCUT2D eigenvalue weighted by molar-refractivity contribution is -0.114. The van der Waals surface area contributed by atoms with E-state index in [0.29, 0.717) is 28.6 Å². The summed E-state index contributed by atoms with van der Waals surface area (Å²) < 4.78 is 4.92. The second-order valence-electron chi connectivity index (χ2n) is 6.99. The lowest BCUT2D eigenvalue weighted by atomic mass is 10.0. The van der Waals surface area contributed by atoms with Crippen LogP contribution in [0.4, 0.5) is 0 Å². The summed E-state index contributed by atoms with van der Waals surface area (Å²) in [5.41, 5.74) is 8.78. The summed E-state index contributed by atoms with van der Waals surface area (Å²) in [7, 11) is 3.58. The highest BCUT2D eigenvalue weighted by molar-refractivity contribution is 6.09. The van der Waals surface area contributed by atoms with Crippen LogP contribution < -0.4 is 11.1 Å². The Morgan fingerprint density at radius 3 is 2.71 bits per heavy atom. The number of rotatable bonds is 9. The van der Waals surface area contributed by atoms with Gasteiger partial charge in [-0.05, 0) is 31.2 Å². The Balaban J connectivity index is 2.35. The fraction of sp³-hybridized carbons (Fsp3) is 0.333. The number of nitrogens with zero attached hydrogens (tertiary/aromatic N) is 2. The number of aromatic amines is 1. The molecule has 0 spiro atoms. The summed E-state index contributed by atoms with van der Waals surface area (Å²) in [6, 6.07) is 2.08. The quantitative estimate of drug-likeness (QED) is 0.263. The Labute approximate surface area is 166 Å². The molecule has 4 N–H and O–H groups in total. The molecule has 7 nitrogen and oxygen atoms in total. The number of carbonyl (C=O) groups excluding carboxylic acids is 1. The summed E-state index contributed by atoms with van der Waals surface area (Å²) in [5, 5.41) is 3.49. The molecule has 1 aromatic heterocycles. The number of primary amides is 1. The average Bonchev–Trinajstić information content (AvgIpc) is 3.25. The first-order valence-electron chi connectivity index (χ1n) is 9.03. The van der Waals surface area contributed by atoms with Crippen LogP contribution in [-0.2, 0) is 9.53 Å². The fourth-order valence-electron chi connectivity index (χ4n) is 3.21. The highest BCUT2D eigenvalue weighted by Crippen LogP contribution is 2.24. The van der Waals surface area contributed by atoms with Gasteiger partial charge in [0.25, 0.3) is 5.91 Å². The number of amides is 1. The Morgan fingerprint density at radius 1 is 1.46 bits per heavy atom. The van der Waals surface area contributed by atoms with Gasteiger partial charge in [-0.1, -0.05) is 26.2 Å². The molecule has 150 valence electrons. The van der Waals surface area contributed by atoms with Crippen molar-refractivity contribution in [2.24, 2.45) is 16.6 Å². The van der Waals surface area contributed by atoms with Crippen molar-refractivity contribution in [1.29, 1.82) is 0 Å². The molecule has 2 rings (SSSR count). The van der Waals surface area contributed by atoms with Crippen molar-refractivity contribution >= 4 is 23.4 Å². The zero-order chi connectivity index (χ0) is 20.8. The van der Waals surface area contributed by atoms with Crippen molar-refractivity contribution in [2.75, 3.05) is 27.2 Å². The molecule has 7 heteroatoms. The van der Waals surface area contributed by atoms with E-state index in [-0.39, 0.29) is 6.04 Å². The molecule has 0 bridgehead atoms. The van der Waals surface area contributed by atoms with Crippen LogP contribution in [0.2, 0.25) is 0 Å². The Bertz CT molecular complexity index is 834. The topological polar surface area (TPSA) is 95.7 Å². The van der Waals surface area contributed by atoms with Crippen LogP contribution in [0, 0.1) is 5.92 Å². The number of hydrogen-bond acceptors (Lipinski definition) is 5. The second-order valence-corrected chi connectivity index (χ2v) is 6.99. The van der Waals surface area contributed by atoms with Crippen LogP contribution in [0.5, 0.6) is 0 Å². The number of aromatic nitrogens is 1. The van der Waals surface area contributed by atoms with Gasteiger partial charge < -0.3 is 25.7 Å². The van der Waals surface area contributed by atoms with Gasteiger partial charge in [0, 0.05) is 37.1 Å². The minimum absolute atomic E-state index is 0.191. The molecule has 0 aliphatic carbocycles. The Kier molecular flexibility index (Phi) is 7.00. The predicted molar refractivity (Wildman–Crippen MR) is 114 cm³/mol. The normalized spacial score (nSPS) is 20.7. The summed E-state index contributed by atoms with van der Waals surface area (Å²) in [6.45, 7) is 15.4. The van der Waals surface area contributed by atoms with Crippen molar-refractivity contribution in [3.63, 3.8) is 0 Å². The van der Waals surface area contributed by atoms with E-state index < -0.39 is 5.91 Å². The van der Waals surface area contributed by atoms with Gasteiger partial charge >= 0.3 is 0 Å². The third kappa shape index (κ3) is 5.01. The highest BCUT2D eigenvalue weighted by Gasteiger charge is 2.29. The monoisotopic (exact) mass is 383 g/mol. The Morgan fingerprint density at radius 2 is 2.18 bits per heavy atom. The van der Waals surface area contributed by atoms with E-state index >= 15 is 0 Å². The van der Waals surface area contributed by atoms with Crippen molar-refractivity contribution in [3.8, 4) is 0 Å². The molecule has 28 heavy (non-hydrogen) atoms. The molecular weight excluding hydrogens is 354 g/mol. The lowest BCUT2D eigenvalue weighted by Gasteiger charge is -2.21. The van der Waals surface area contributed by atoms with Crippen molar-refractivity contribution < 1.29 is 9.53 Å². The van der Waals surface area contributed by atoms with Crippen molar-refractivity contribution in [2.45, 2.75) is 13.0 Å². The van der Waals surface area contributed by atoms with Gasteiger partial charge in [-0.3, -0.25) is 4.79 Å². The molecule has 2 heterocycles. The average molecular weight is 383 g/mol. The fourth-order valence-corrected chi connectivity index (χ4v) is 3.21. The molecule has 0 unspecified atom stereocenters. The van der Waals surface area contributed by atoms with Crippen molar-refractivity contribution in [3.05, 3.63) is 60.8 Å². The van der Waals surface area contributed by atoms with Crippen LogP contribution in [0.15, 0.2) is 54.5 Å². The molecule has 1 aliphatic rings. The number of likely N-dealkylation sites (N-methyl/N-ethyl adjacent to an activating group) is 1. The van der Waals surface area contributed by atoms with Gasteiger partial charge in [0.1, 0.15) is 0 Å². The lowest BCUT2D eigenvalue weighted by Crippen LogP contribution is -2.35. The van der Waals surface area contributed by atoms with Gasteiger partial charge in [0.15, 0.2) is 0 Å². The number of likely N-dealkylation sites (tertiary alicyclic amines) is 1. The number of hydrogen-bond donors (Lipinski definition) is 3. The van der Waals surface area contributed by atoms with Crippen LogP contribution in [0.25, 0.3) is 11.3 Å². The maximum Gasteiger partial charge on any atom is 0.250 e. The SMILES string of the molecule is C=C/C(C(N)=O)=C(/N[C@@H]1CN(C)C[C@@H]1C)c1cc(C(=C)/C=N\C(=C)OC)c[nH]1. The molecule has 1 amide bonds. The maximum atomic E-state index is 12.0. The first kappa shape index (κ1) is 21.2. The smallest absolute Gasteiger partial charge is 0.250 e. The van der Waals surface area contributed by atoms with Crippen LogP contribution in [0.3, 0.4) is 0 Å². The summed E-state index contributed by atoms with van der Waals surface area (Å²) in [6.07, 6.45) is 4.85. The summed E-state index contributed by atoms with van der Waals surface area (Å²) in [5.74, 6) is 0.182. The van der Waals surface area contributed by atoms with E-state index in [2.05, 4.69) is 53.9 Å². The van der Waals surface area contributed by atoms with E-state index in [1.807, 2.05) is 6.07 Å². The number of ether oxygens (including phenoxy) is 1. The molecule has 0 radical (unpaired) electrons. The number of aliphatic imine (C=N–C) groups is 1. The third-order valence-electron chi connectivity index (χ3n) is 4.79. The number of methoxy groups -OCH3 is 1. The molecule has 1 aromatic rings. The number of H-pyrrole nitrogens is 1. The van der Waals surface area contributed by atoms with Crippen LogP contribution >= 0.6 is 0 Å². The summed E-state index contributed by atoms with van der Waals surface area (Å²) in [4.78, 5) is 21.5. The standard InChI is InChI=1S/C21H29N5O2/c1-7-17(21(22)27)20(25-19-12-26(5)11-14(19)3)18-8-16(10-24-18)13(2)9-23-15(4)28-6/h7-10,14,19,24-25H,1-2,4,11-12H2,3,5-6H3,(H2,22,27)/b20-17-,23-9-/t14-,19+/m0/s1. The number of nitrogens with two attached hydrogens (primary N) is 1. The van der Waals surface area contributed by atoms with E-state index in [4.69, 9.17) is 10.5 Å². The highest BCUT2D eigenvalue weighted by atomic mass is 16.5. The predicted octanol–water partition coefficient (Wildman–Crippen LogP) is 2.14. The minimum atomic E-state index is -0.538. The molecule has 0 saturated carbocycles. The van der Waals surface area contributed by atoms with Crippen molar-refractivity contribution in [1.82, 2.24) is 15.2 Å². The van der Waals surface area contributed by atoms with Gasteiger partial charge in [0.05, 0.1) is 24.1 Å². The maximum absolute atomic E-state index is 12.0. The van der Waals surface area contributed by atoms with E-state index in [1.54, 1.807) is 12.4 Å². The largest absolute Gasteiger partial charge is 0.481 e. The molecular formula is C21H29N5O2.